The molecule has 3 N–H and O–H groups in total. The molecule has 0 atom stereocenters. The van der Waals surface area contributed by atoms with Gasteiger partial charge in [-0.15, -0.1) is 0 Å². The zero-order valence-electron chi connectivity index (χ0n) is 16.9. The summed E-state index contributed by atoms with van der Waals surface area (Å²) in [6.07, 6.45) is 2.02. The Morgan fingerprint density at radius 2 is 1.63 bits per heavy atom. The minimum atomic E-state index is -0.453. The van der Waals surface area contributed by atoms with Crippen molar-refractivity contribution in [3.63, 3.8) is 0 Å². The number of primary amides is 1. The number of carbonyl (C=O) groups is 1. The summed E-state index contributed by atoms with van der Waals surface area (Å²) < 4.78 is 0. The molecule has 0 bridgehead atoms. The molecule has 0 fully saturated rings. The number of aromatic nitrogens is 1. The molecule has 0 saturated heterocycles. The van der Waals surface area contributed by atoms with Gasteiger partial charge in [-0.1, -0.05) is 54.6 Å². The molecule has 4 nitrogen and oxygen atoms in total. The molecular weight excluding hydrogens is 370 g/mol. The third-order valence-corrected chi connectivity index (χ3v) is 5.90. The highest BCUT2D eigenvalue weighted by atomic mass is 16.1. The SMILES string of the molecule is Cc1nc2ccc(NC3Cc4ccccc4C3)cc2c(-c2ccccc2)c1C(N)=O. The van der Waals surface area contributed by atoms with Crippen LogP contribution in [0, 0.1) is 6.92 Å². The number of pyridine rings is 1. The summed E-state index contributed by atoms with van der Waals surface area (Å²) in [5.74, 6) is -0.453. The lowest BCUT2D eigenvalue weighted by molar-refractivity contribution is 0.1000. The van der Waals surface area contributed by atoms with Gasteiger partial charge in [-0.2, -0.15) is 0 Å². The van der Waals surface area contributed by atoms with Gasteiger partial charge in [0.05, 0.1) is 16.8 Å². The topological polar surface area (TPSA) is 68.0 Å². The van der Waals surface area contributed by atoms with E-state index in [1.807, 2.05) is 43.3 Å². The number of benzene rings is 3. The fraction of sp³-hybridized carbons (Fsp3) is 0.154. The second-order valence-electron chi connectivity index (χ2n) is 7.93. The number of nitrogens with two attached hydrogens (primary N) is 1. The van der Waals surface area contributed by atoms with Crippen molar-refractivity contribution in [2.45, 2.75) is 25.8 Å². The molecule has 3 aromatic carbocycles. The normalized spacial score (nSPS) is 13.4. The number of rotatable bonds is 4. The van der Waals surface area contributed by atoms with Gasteiger partial charge in [0.25, 0.3) is 5.91 Å². The van der Waals surface area contributed by atoms with E-state index in [-0.39, 0.29) is 0 Å². The lowest BCUT2D eigenvalue weighted by Gasteiger charge is -2.17. The van der Waals surface area contributed by atoms with Crippen LogP contribution in [0.5, 0.6) is 0 Å². The molecule has 1 amide bonds. The quantitative estimate of drug-likeness (QED) is 0.519. The van der Waals surface area contributed by atoms with Crippen LogP contribution in [0.1, 0.15) is 27.2 Å². The van der Waals surface area contributed by atoms with Crippen LogP contribution >= 0.6 is 0 Å². The predicted molar refractivity (Wildman–Crippen MR) is 122 cm³/mol. The third kappa shape index (κ3) is 3.20. The van der Waals surface area contributed by atoms with Gasteiger partial charge in [-0.3, -0.25) is 9.78 Å². The van der Waals surface area contributed by atoms with Crippen LogP contribution in [-0.2, 0) is 12.8 Å². The first-order valence-electron chi connectivity index (χ1n) is 10.2. The number of amides is 1. The van der Waals surface area contributed by atoms with Crippen LogP contribution in [0.3, 0.4) is 0 Å². The number of hydrogen-bond acceptors (Lipinski definition) is 3. The molecule has 4 heteroatoms. The standard InChI is InChI=1S/C26H23N3O/c1-16-24(26(27)30)25(17-7-3-2-4-8-17)22-15-20(11-12-23(22)28-16)29-21-13-18-9-5-6-10-19(18)14-21/h2-12,15,21,29H,13-14H2,1H3,(H2,27,30). The van der Waals surface area contributed by atoms with Crippen molar-refractivity contribution in [1.29, 1.82) is 0 Å². The zero-order valence-corrected chi connectivity index (χ0v) is 16.9. The Labute approximate surface area is 175 Å². The molecule has 30 heavy (non-hydrogen) atoms. The molecule has 0 unspecified atom stereocenters. The van der Waals surface area contributed by atoms with Crippen molar-refractivity contribution in [3.8, 4) is 11.1 Å². The van der Waals surface area contributed by atoms with E-state index in [0.717, 1.165) is 40.6 Å². The first-order valence-corrected chi connectivity index (χ1v) is 10.2. The second-order valence-corrected chi connectivity index (χ2v) is 7.93. The minimum absolute atomic E-state index is 0.356. The molecular formula is C26H23N3O. The summed E-state index contributed by atoms with van der Waals surface area (Å²) in [5, 5.41) is 4.61. The van der Waals surface area contributed by atoms with E-state index in [9.17, 15) is 4.79 Å². The van der Waals surface area contributed by atoms with Crippen LogP contribution in [0.4, 0.5) is 5.69 Å². The summed E-state index contributed by atoms with van der Waals surface area (Å²) in [7, 11) is 0. The van der Waals surface area contributed by atoms with Gasteiger partial charge in [0.2, 0.25) is 0 Å². The van der Waals surface area contributed by atoms with Crippen molar-refractivity contribution >= 4 is 22.5 Å². The van der Waals surface area contributed by atoms with E-state index in [0.29, 0.717) is 17.3 Å². The van der Waals surface area contributed by atoms with Crippen molar-refractivity contribution in [2.24, 2.45) is 5.73 Å². The number of hydrogen-bond donors (Lipinski definition) is 2. The maximum absolute atomic E-state index is 12.3. The van der Waals surface area contributed by atoms with Gasteiger partial charge >= 0.3 is 0 Å². The van der Waals surface area contributed by atoms with Crippen LogP contribution in [0.2, 0.25) is 0 Å². The number of anilines is 1. The second kappa shape index (κ2) is 7.30. The van der Waals surface area contributed by atoms with Gasteiger partial charge in [-0.05, 0) is 54.7 Å². The van der Waals surface area contributed by atoms with E-state index in [2.05, 4.69) is 46.7 Å². The largest absolute Gasteiger partial charge is 0.382 e. The Kier molecular flexibility index (Phi) is 4.47. The summed E-state index contributed by atoms with van der Waals surface area (Å²) in [6.45, 7) is 1.84. The Balaban J connectivity index is 1.60. The Morgan fingerprint density at radius 3 is 2.30 bits per heavy atom. The molecule has 0 aliphatic heterocycles. The van der Waals surface area contributed by atoms with E-state index >= 15 is 0 Å². The number of aryl methyl sites for hydroxylation is 1. The maximum atomic E-state index is 12.3. The Bertz CT molecular complexity index is 1240. The molecule has 148 valence electrons. The molecule has 1 aliphatic rings. The molecule has 4 aromatic rings. The summed E-state index contributed by atoms with van der Waals surface area (Å²) in [6, 6.07) is 25.1. The smallest absolute Gasteiger partial charge is 0.251 e. The fourth-order valence-electron chi connectivity index (χ4n) is 4.58. The maximum Gasteiger partial charge on any atom is 0.251 e. The highest BCUT2D eigenvalue weighted by molar-refractivity contribution is 6.09. The molecule has 1 heterocycles. The lowest BCUT2D eigenvalue weighted by atomic mass is 9.93. The first-order chi connectivity index (χ1) is 14.6. The van der Waals surface area contributed by atoms with Crippen LogP contribution in [-0.4, -0.2) is 16.9 Å². The van der Waals surface area contributed by atoms with Gasteiger partial charge < -0.3 is 11.1 Å². The molecule has 0 saturated carbocycles. The van der Waals surface area contributed by atoms with E-state index < -0.39 is 5.91 Å². The molecule has 5 rings (SSSR count). The van der Waals surface area contributed by atoms with E-state index in [1.54, 1.807) is 0 Å². The first kappa shape index (κ1) is 18.4. The van der Waals surface area contributed by atoms with E-state index in [1.165, 1.54) is 11.1 Å². The number of nitrogens with zero attached hydrogens (tertiary/aromatic N) is 1. The molecule has 1 aromatic heterocycles. The molecule has 1 aliphatic carbocycles. The Hall–Kier alpha value is -3.66. The van der Waals surface area contributed by atoms with Crippen LogP contribution in [0.25, 0.3) is 22.0 Å². The van der Waals surface area contributed by atoms with Crippen molar-refractivity contribution in [3.05, 3.63) is 95.2 Å². The highest BCUT2D eigenvalue weighted by Gasteiger charge is 2.22. The Morgan fingerprint density at radius 1 is 0.967 bits per heavy atom. The monoisotopic (exact) mass is 393 g/mol. The highest BCUT2D eigenvalue weighted by Crippen LogP contribution is 2.35. The summed E-state index contributed by atoms with van der Waals surface area (Å²) in [5.41, 5.74) is 13.4. The third-order valence-electron chi connectivity index (χ3n) is 5.90. The number of carbonyl (C=O) groups excluding carboxylic acids is 1. The van der Waals surface area contributed by atoms with Gasteiger partial charge in [0.15, 0.2) is 0 Å². The van der Waals surface area contributed by atoms with Crippen LogP contribution in [0.15, 0.2) is 72.8 Å². The zero-order chi connectivity index (χ0) is 20.7. The average Bonchev–Trinajstić information content (AvgIpc) is 3.15. The van der Waals surface area contributed by atoms with Crippen molar-refractivity contribution < 1.29 is 4.79 Å². The van der Waals surface area contributed by atoms with Crippen molar-refractivity contribution in [1.82, 2.24) is 4.98 Å². The lowest BCUT2D eigenvalue weighted by Crippen LogP contribution is -2.19. The average molecular weight is 393 g/mol. The molecule has 0 radical (unpaired) electrons. The van der Waals surface area contributed by atoms with Gasteiger partial charge in [0.1, 0.15) is 0 Å². The van der Waals surface area contributed by atoms with Gasteiger partial charge in [0, 0.05) is 22.7 Å². The summed E-state index contributed by atoms with van der Waals surface area (Å²) in [4.78, 5) is 17.0. The summed E-state index contributed by atoms with van der Waals surface area (Å²) >= 11 is 0. The van der Waals surface area contributed by atoms with Crippen LogP contribution < -0.4 is 11.1 Å². The van der Waals surface area contributed by atoms with E-state index in [4.69, 9.17) is 5.73 Å². The number of fused-ring (bicyclic) bond motifs is 2. The molecule has 0 spiro atoms. The minimum Gasteiger partial charge on any atom is -0.382 e. The van der Waals surface area contributed by atoms with Crippen molar-refractivity contribution in [2.75, 3.05) is 5.32 Å². The van der Waals surface area contributed by atoms with Gasteiger partial charge in [-0.25, -0.2) is 0 Å². The number of nitrogens with one attached hydrogen (secondary N) is 1. The predicted octanol–water partition coefficient (Wildman–Crippen LogP) is 4.89. The fourth-order valence-corrected chi connectivity index (χ4v) is 4.58.